The largest absolute Gasteiger partial charge is 0.465 e. The van der Waals surface area contributed by atoms with Gasteiger partial charge in [0.25, 0.3) is 0 Å². The summed E-state index contributed by atoms with van der Waals surface area (Å²) in [6.07, 6.45) is 3.12. The first-order chi connectivity index (χ1) is 11.2. The Bertz CT molecular complexity index is 892. The Morgan fingerprint density at radius 3 is 2.43 bits per heavy atom. The van der Waals surface area contributed by atoms with Gasteiger partial charge in [-0.05, 0) is 30.3 Å². The van der Waals surface area contributed by atoms with Gasteiger partial charge in [0.1, 0.15) is 11.3 Å². The minimum absolute atomic E-state index is 0.142. The molecule has 0 saturated carbocycles. The number of carbonyl (C=O) groups is 2. The molecule has 0 N–H and O–H groups in total. The fourth-order valence-electron chi connectivity index (χ4n) is 2.08. The van der Waals surface area contributed by atoms with Crippen LogP contribution in [0.15, 0.2) is 54.9 Å². The van der Waals surface area contributed by atoms with Crippen LogP contribution in [0.4, 0.5) is 0 Å². The number of hydrogen-bond acceptors (Lipinski definition) is 6. The number of fused-ring (bicyclic) bond motifs is 1. The summed E-state index contributed by atoms with van der Waals surface area (Å²) in [6.45, 7) is 0. The molecule has 0 aliphatic carbocycles. The van der Waals surface area contributed by atoms with Crippen LogP contribution in [0, 0.1) is 0 Å². The van der Waals surface area contributed by atoms with Gasteiger partial charge in [-0.3, -0.25) is 9.97 Å². The van der Waals surface area contributed by atoms with Gasteiger partial charge in [-0.2, -0.15) is 0 Å². The Morgan fingerprint density at radius 1 is 0.913 bits per heavy atom. The third kappa shape index (κ3) is 3.01. The summed E-state index contributed by atoms with van der Waals surface area (Å²) in [5, 5.41) is 0. The van der Waals surface area contributed by atoms with E-state index in [9.17, 15) is 9.59 Å². The number of hydrogen-bond donors (Lipinski definition) is 0. The maximum atomic E-state index is 12.3. The molecule has 0 atom stereocenters. The highest BCUT2D eigenvalue weighted by Gasteiger charge is 2.16. The van der Waals surface area contributed by atoms with E-state index in [2.05, 4.69) is 14.7 Å². The Hall–Kier alpha value is -3.28. The highest BCUT2D eigenvalue weighted by Crippen LogP contribution is 2.21. The average Bonchev–Trinajstić information content (AvgIpc) is 2.61. The quantitative estimate of drug-likeness (QED) is 0.547. The maximum absolute atomic E-state index is 12.3. The van der Waals surface area contributed by atoms with E-state index in [1.165, 1.54) is 19.2 Å². The van der Waals surface area contributed by atoms with Crippen molar-refractivity contribution in [2.24, 2.45) is 0 Å². The third-order valence-electron chi connectivity index (χ3n) is 3.20. The van der Waals surface area contributed by atoms with Crippen LogP contribution in [0.3, 0.4) is 0 Å². The Labute approximate surface area is 131 Å². The number of benzene rings is 2. The van der Waals surface area contributed by atoms with Crippen LogP contribution < -0.4 is 4.74 Å². The number of carbonyl (C=O) groups excluding carboxylic acids is 2. The highest BCUT2D eigenvalue weighted by atomic mass is 16.5. The lowest BCUT2D eigenvalue weighted by Crippen LogP contribution is -2.12. The number of aromatic nitrogens is 2. The number of rotatable bonds is 3. The van der Waals surface area contributed by atoms with Gasteiger partial charge in [0.05, 0.1) is 23.7 Å². The van der Waals surface area contributed by atoms with Crippen LogP contribution >= 0.6 is 0 Å². The Kier molecular flexibility index (Phi) is 3.97. The number of nitrogens with zero attached hydrogens (tertiary/aromatic N) is 2. The van der Waals surface area contributed by atoms with E-state index in [1.807, 2.05) is 0 Å². The summed E-state index contributed by atoms with van der Waals surface area (Å²) in [4.78, 5) is 32.3. The molecule has 23 heavy (non-hydrogen) atoms. The summed E-state index contributed by atoms with van der Waals surface area (Å²) in [7, 11) is 1.27. The molecule has 1 aromatic heterocycles. The second-order valence-electron chi connectivity index (χ2n) is 4.64. The molecule has 0 spiro atoms. The predicted octanol–water partition coefficient (Wildman–Crippen LogP) is 2.64. The summed E-state index contributed by atoms with van der Waals surface area (Å²) < 4.78 is 9.99. The Balaban J connectivity index is 1.90. The zero-order chi connectivity index (χ0) is 16.2. The highest BCUT2D eigenvalue weighted by molar-refractivity contribution is 5.97. The van der Waals surface area contributed by atoms with E-state index >= 15 is 0 Å². The molecule has 3 aromatic rings. The van der Waals surface area contributed by atoms with Crippen molar-refractivity contribution in [3.8, 4) is 5.75 Å². The van der Waals surface area contributed by atoms with Gasteiger partial charge in [-0.15, -0.1) is 0 Å². The van der Waals surface area contributed by atoms with Gasteiger partial charge in [0, 0.05) is 12.4 Å². The molecule has 1 heterocycles. The predicted molar refractivity (Wildman–Crippen MR) is 82.3 cm³/mol. The molecule has 0 fully saturated rings. The van der Waals surface area contributed by atoms with Crippen molar-refractivity contribution in [2.75, 3.05) is 7.11 Å². The third-order valence-corrected chi connectivity index (χ3v) is 3.20. The summed E-state index contributed by atoms with van der Waals surface area (Å²) in [5.41, 5.74) is 1.77. The molecular formula is C17H12N2O4. The number of esters is 2. The minimum atomic E-state index is -0.589. The topological polar surface area (TPSA) is 78.4 Å². The minimum Gasteiger partial charge on any atom is -0.465 e. The molecule has 0 radical (unpaired) electrons. The summed E-state index contributed by atoms with van der Waals surface area (Å²) in [5.74, 6) is -1.02. The molecule has 6 nitrogen and oxygen atoms in total. The van der Waals surface area contributed by atoms with Crippen molar-refractivity contribution in [2.45, 2.75) is 0 Å². The van der Waals surface area contributed by atoms with E-state index in [4.69, 9.17) is 4.74 Å². The second-order valence-corrected chi connectivity index (χ2v) is 4.64. The van der Waals surface area contributed by atoms with E-state index in [-0.39, 0.29) is 11.3 Å². The smallest absolute Gasteiger partial charge is 0.343 e. The number of methoxy groups -OCH3 is 1. The van der Waals surface area contributed by atoms with Gasteiger partial charge in [-0.25, -0.2) is 9.59 Å². The van der Waals surface area contributed by atoms with Crippen LogP contribution in [-0.4, -0.2) is 29.0 Å². The van der Waals surface area contributed by atoms with E-state index in [0.717, 1.165) is 0 Å². The van der Waals surface area contributed by atoms with Crippen LogP contribution in [0.25, 0.3) is 11.0 Å². The van der Waals surface area contributed by atoms with Crippen LogP contribution in [-0.2, 0) is 4.74 Å². The monoisotopic (exact) mass is 308 g/mol. The summed E-state index contributed by atoms with van der Waals surface area (Å²) in [6, 6.07) is 11.3. The van der Waals surface area contributed by atoms with E-state index < -0.39 is 11.9 Å². The van der Waals surface area contributed by atoms with Crippen molar-refractivity contribution in [3.63, 3.8) is 0 Å². The molecule has 0 bridgehead atoms. The van der Waals surface area contributed by atoms with Crippen molar-refractivity contribution in [3.05, 3.63) is 66.0 Å². The van der Waals surface area contributed by atoms with Crippen molar-refractivity contribution in [1.29, 1.82) is 0 Å². The molecule has 0 unspecified atom stereocenters. The normalized spacial score (nSPS) is 10.3. The van der Waals surface area contributed by atoms with Gasteiger partial charge in [-0.1, -0.05) is 12.1 Å². The molecule has 3 rings (SSSR count). The molecule has 114 valence electrons. The van der Waals surface area contributed by atoms with Crippen LogP contribution in [0.5, 0.6) is 5.75 Å². The molecule has 0 aliphatic heterocycles. The van der Waals surface area contributed by atoms with Gasteiger partial charge >= 0.3 is 11.9 Å². The summed E-state index contributed by atoms with van der Waals surface area (Å²) >= 11 is 0. The van der Waals surface area contributed by atoms with Gasteiger partial charge < -0.3 is 9.47 Å². The standard InChI is InChI=1S/C17H12N2O4/c1-22-17(21)12-4-2-3-5-15(12)23-16(20)11-6-7-13-14(10-11)19-9-8-18-13/h2-10H,1H3. The fraction of sp³-hybridized carbons (Fsp3) is 0.0588. The molecule has 6 heteroatoms. The molecule has 0 saturated heterocycles. The number of ether oxygens (including phenoxy) is 2. The molecule has 0 aliphatic rings. The SMILES string of the molecule is COC(=O)c1ccccc1OC(=O)c1ccc2nccnc2c1. The maximum Gasteiger partial charge on any atom is 0.343 e. The lowest BCUT2D eigenvalue weighted by atomic mass is 10.2. The van der Waals surface area contributed by atoms with E-state index in [0.29, 0.717) is 16.6 Å². The van der Waals surface area contributed by atoms with E-state index in [1.54, 1.807) is 42.7 Å². The first kappa shape index (κ1) is 14.6. The second kappa shape index (κ2) is 6.23. The molecule has 2 aromatic carbocycles. The van der Waals surface area contributed by atoms with Crippen LogP contribution in [0.1, 0.15) is 20.7 Å². The molecule has 0 amide bonds. The fourth-order valence-corrected chi connectivity index (χ4v) is 2.08. The van der Waals surface area contributed by atoms with Crippen molar-refractivity contribution < 1.29 is 19.1 Å². The van der Waals surface area contributed by atoms with Crippen molar-refractivity contribution in [1.82, 2.24) is 9.97 Å². The van der Waals surface area contributed by atoms with Crippen LogP contribution in [0.2, 0.25) is 0 Å². The first-order valence-corrected chi connectivity index (χ1v) is 6.79. The van der Waals surface area contributed by atoms with Gasteiger partial charge in [0.2, 0.25) is 0 Å². The Morgan fingerprint density at radius 2 is 1.65 bits per heavy atom. The lowest BCUT2D eigenvalue weighted by molar-refractivity contribution is 0.0593. The van der Waals surface area contributed by atoms with Crippen molar-refractivity contribution >= 4 is 23.0 Å². The lowest BCUT2D eigenvalue weighted by Gasteiger charge is -2.08. The molecular weight excluding hydrogens is 296 g/mol. The average molecular weight is 308 g/mol. The van der Waals surface area contributed by atoms with Gasteiger partial charge in [0.15, 0.2) is 0 Å². The number of para-hydroxylation sites is 1. The zero-order valence-electron chi connectivity index (χ0n) is 12.2. The first-order valence-electron chi connectivity index (χ1n) is 6.79. The zero-order valence-corrected chi connectivity index (χ0v) is 12.2.